The van der Waals surface area contributed by atoms with E-state index in [1.54, 1.807) is 24.3 Å². The van der Waals surface area contributed by atoms with Crippen molar-refractivity contribution in [1.82, 2.24) is 0 Å². The van der Waals surface area contributed by atoms with E-state index in [0.29, 0.717) is 5.56 Å². The fourth-order valence-electron chi connectivity index (χ4n) is 0.692. The summed E-state index contributed by atoms with van der Waals surface area (Å²) in [6, 6.07) is 8.88. The van der Waals surface area contributed by atoms with Crippen LogP contribution in [0.2, 0.25) is 0 Å². The summed E-state index contributed by atoms with van der Waals surface area (Å²) in [7, 11) is -4.47. The lowest BCUT2D eigenvalue weighted by atomic mass is 10.2. The van der Waals surface area contributed by atoms with Gasteiger partial charge in [0.25, 0.3) is 0 Å². The van der Waals surface area contributed by atoms with Crippen LogP contribution in [0.4, 0.5) is 13.2 Å². The van der Waals surface area contributed by atoms with Crippen LogP contribution in [0.1, 0.15) is 10.4 Å². The number of ether oxygens (including phenoxy) is 1. The van der Waals surface area contributed by atoms with Crippen molar-refractivity contribution in [2.45, 2.75) is 5.51 Å². The lowest BCUT2D eigenvalue weighted by Gasteiger charge is -1.97. The maximum absolute atomic E-state index is 10.8. The predicted octanol–water partition coefficient (Wildman–Crippen LogP) is 1.87. The molecule has 5 nitrogen and oxygen atoms in total. The minimum atomic E-state index is -5.84. The van der Waals surface area contributed by atoms with Crippen LogP contribution in [0, 0.1) is 0 Å². The van der Waals surface area contributed by atoms with E-state index < -0.39 is 15.6 Å². The Bertz CT molecular complexity index is 481. The van der Waals surface area contributed by atoms with Crippen LogP contribution < -0.4 is 0 Å². The van der Waals surface area contributed by atoms with Gasteiger partial charge in [-0.05, 0) is 12.1 Å². The highest BCUT2D eigenvalue weighted by atomic mass is 32.2. The van der Waals surface area contributed by atoms with Crippen molar-refractivity contribution in [3.63, 3.8) is 0 Å². The molecule has 1 rings (SSSR count). The number of hydrogen-bond donors (Lipinski definition) is 1. The molecule has 9 heteroatoms. The van der Waals surface area contributed by atoms with Gasteiger partial charge in [0.05, 0.1) is 12.7 Å². The first-order chi connectivity index (χ1) is 8.09. The van der Waals surface area contributed by atoms with Crippen molar-refractivity contribution in [1.29, 1.82) is 0 Å². The van der Waals surface area contributed by atoms with Crippen molar-refractivity contribution in [3.8, 4) is 0 Å². The fraction of sp³-hybridized carbons (Fsp3) is 0.222. The Morgan fingerprint density at radius 3 is 1.89 bits per heavy atom. The largest absolute Gasteiger partial charge is 0.522 e. The molecule has 0 fully saturated rings. The third kappa shape index (κ3) is 5.64. The molecule has 0 amide bonds. The number of carbonyl (C=O) groups excluding carboxylic acids is 1. The zero-order chi connectivity index (χ0) is 14.4. The Kier molecular flexibility index (Phi) is 5.79. The van der Waals surface area contributed by atoms with Crippen LogP contribution in [0.3, 0.4) is 0 Å². The highest BCUT2D eigenvalue weighted by molar-refractivity contribution is 7.86. The van der Waals surface area contributed by atoms with Gasteiger partial charge in [0.2, 0.25) is 0 Å². The molecule has 0 saturated carbocycles. The van der Waals surface area contributed by atoms with E-state index in [2.05, 4.69) is 4.74 Å². The van der Waals surface area contributed by atoms with Crippen LogP contribution in [-0.2, 0) is 14.9 Å². The zero-order valence-electron chi connectivity index (χ0n) is 9.01. The third-order valence-electron chi connectivity index (χ3n) is 1.49. The van der Waals surface area contributed by atoms with E-state index in [9.17, 15) is 18.0 Å². The Labute approximate surface area is 101 Å². The highest BCUT2D eigenvalue weighted by Gasteiger charge is 2.44. The van der Waals surface area contributed by atoms with E-state index in [0.717, 1.165) is 0 Å². The van der Waals surface area contributed by atoms with E-state index in [1.807, 2.05) is 6.07 Å². The number of hydrogen-bond acceptors (Lipinski definition) is 4. The topological polar surface area (TPSA) is 80.7 Å². The molecular formula is C9H9F3O5S. The summed E-state index contributed by atoms with van der Waals surface area (Å²) in [6.45, 7) is 0. The van der Waals surface area contributed by atoms with E-state index >= 15 is 0 Å². The summed E-state index contributed by atoms with van der Waals surface area (Å²) in [4.78, 5) is 10.8. The van der Waals surface area contributed by atoms with Gasteiger partial charge in [-0.3, -0.25) is 4.55 Å². The molecule has 0 atom stereocenters. The molecule has 0 unspecified atom stereocenters. The fourth-order valence-corrected chi connectivity index (χ4v) is 0.692. The SMILES string of the molecule is COC(=O)c1ccccc1.O=S(=O)(O)C(F)(F)F. The maximum atomic E-state index is 10.8. The Hall–Kier alpha value is -1.61. The second kappa shape index (κ2) is 6.36. The molecule has 0 radical (unpaired) electrons. The van der Waals surface area contributed by atoms with Crippen LogP contribution >= 0.6 is 0 Å². The smallest absolute Gasteiger partial charge is 0.465 e. The summed E-state index contributed by atoms with van der Waals surface area (Å²) in [5.74, 6) is -0.291. The monoisotopic (exact) mass is 286 g/mol. The van der Waals surface area contributed by atoms with Gasteiger partial charge in [0.15, 0.2) is 0 Å². The average molecular weight is 286 g/mol. The summed E-state index contributed by atoms with van der Waals surface area (Å²) in [6.07, 6.45) is 0. The van der Waals surface area contributed by atoms with Gasteiger partial charge in [0.1, 0.15) is 0 Å². The van der Waals surface area contributed by atoms with Crippen LogP contribution in [0.15, 0.2) is 30.3 Å². The van der Waals surface area contributed by atoms with Gasteiger partial charge in [-0.1, -0.05) is 18.2 Å². The molecule has 0 saturated heterocycles. The zero-order valence-corrected chi connectivity index (χ0v) is 9.83. The first-order valence-electron chi connectivity index (χ1n) is 4.26. The number of halogens is 3. The number of alkyl halides is 3. The number of carbonyl (C=O) groups is 1. The Balaban J connectivity index is 0.000000331. The van der Waals surface area contributed by atoms with Gasteiger partial charge < -0.3 is 4.74 Å². The molecular weight excluding hydrogens is 277 g/mol. The summed E-state index contributed by atoms with van der Waals surface area (Å²) >= 11 is 0. The van der Waals surface area contributed by atoms with Gasteiger partial charge in [-0.15, -0.1) is 0 Å². The van der Waals surface area contributed by atoms with Gasteiger partial charge >= 0.3 is 21.6 Å². The third-order valence-corrected chi connectivity index (χ3v) is 2.07. The summed E-state index contributed by atoms with van der Waals surface area (Å²) in [5.41, 5.74) is -4.95. The maximum Gasteiger partial charge on any atom is 0.522 e. The highest BCUT2D eigenvalue weighted by Crippen LogP contribution is 2.20. The van der Waals surface area contributed by atoms with Crippen molar-refractivity contribution in [2.24, 2.45) is 0 Å². The van der Waals surface area contributed by atoms with Gasteiger partial charge in [-0.2, -0.15) is 21.6 Å². The molecule has 0 aromatic heterocycles. The first-order valence-corrected chi connectivity index (χ1v) is 5.70. The van der Waals surface area contributed by atoms with Crippen molar-refractivity contribution < 1.29 is 35.7 Å². The standard InChI is InChI=1S/C8H8O2.CHF3O3S/c1-10-8(9)7-5-3-2-4-6-7;2-1(3,4)8(5,6)7/h2-6H,1H3;(H,5,6,7). The number of rotatable bonds is 1. The second-order valence-corrected chi connectivity index (χ2v) is 4.19. The van der Waals surface area contributed by atoms with Crippen LogP contribution in [-0.4, -0.2) is 31.6 Å². The molecule has 1 aromatic carbocycles. The molecule has 0 heterocycles. The second-order valence-electron chi connectivity index (χ2n) is 2.78. The normalized spacial score (nSPS) is 11.2. The van der Waals surface area contributed by atoms with Gasteiger partial charge in [0, 0.05) is 0 Å². The minimum absolute atomic E-state index is 0.291. The quantitative estimate of drug-likeness (QED) is 0.484. The molecule has 0 aliphatic heterocycles. The minimum Gasteiger partial charge on any atom is -0.465 e. The molecule has 0 aliphatic rings. The number of benzene rings is 1. The average Bonchev–Trinajstić information content (AvgIpc) is 2.27. The van der Waals surface area contributed by atoms with Crippen molar-refractivity contribution >= 4 is 16.1 Å². The first kappa shape index (κ1) is 16.4. The lowest BCUT2D eigenvalue weighted by Crippen LogP contribution is -2.21. The number of esters is 1. The molecule has 0 spiro atoms. The van der Waals surface area contributed by atoms with E-state index in [-0.39, 0.29) is 5.97 Å². The number of methoxy groups -OCH3 is 1. The van der Waals surface area contributed by atoms with Crippen LogP contribution in [0.25, 0.3) is 0 Å². The Morgan fingerprint density at radius 1 is 1.22 bits per heavy atom. The van der Waals surface area contributed by atoms with Crippen LogP contribution in [0.5, 0.6) is 0 Å². The Morgan fingerprint density at radius 2 is 1.61 bits per heavy atom. The van der Waals surface area contributed by atoms with Gasteiger partial charge in [-0.25, -0.2) is 4.79 Å². The molecule has 0 bridgehead atoms. The molecule has 18 heavy (non-hydrogen) atoms. The van der Waals surface area contributed by atoms with E-state index in [4.69, 9.17) is 13.0 Å². The lowest BCUT2D eigenvalue weighted by molar-refractivity contribution is -0.0510. The molecule has 1 N–H and O–H groups in total. The molecule has 0 aliphatic carbocycles. The summed E-state index contributed by atoms with van der Waals surface area (Å²) in [5, 5.41) is 0. The molecule has 102 valence electrons. The summed E-state index contributed by atoms with van der Waals surface area (Å²) < 4.78 is 62.0. The predicted molar refractivity (Wildman–Crippen MR) is 55.4 cm³/mol. The molecule has 1 aromatic rings. The van der Waals surface area contributed by atoms with Crippen molar-refractivity contribution in [2.75, 3.05) is 7.11 Å². The van der Waals surface area contributed by atoms with Crippen molar-refractivity contribution in [3.05, 3.63) is 35.9 Å². The van der Waals surface area contributed by atoms with E-state index in [1.165, 1.54) is 7.11 Å².